The van der Waals surface area contributed by atoms with Crippen molar-refractivity contribution in [3.05, 3.63) is 83.2 Å². The molecular formula is C29H32FN3O. The SMILES string of the molecule is CCN1CCC(CC(=O)N(C)C(C)c2cc(C#N)cc3ccccc23)(c2ccc(F)cc2)CC1. The van der Waals surface area contributed by atoms with Crippen LogP contribution in [0.15, 0.2) is 60.7 Å². The molecule has 0 radical (unpaired) electrons. The Bertz CT molecular complexity index is 1210. The van der Waals surface area contributed by atoms with Crippen LogP contribution in [0.5, 0.6) is 0 Å². The van der Waals surface area contributed by atoms with Gasteiger partial charge in [-0.15, -0.1) is 0 Å². The molecule has 1 fully saturated rings. The van der Waals surface area contributed by atoms with E-state index in [1.54, 1.807) is 4.90 Å². The Labute approximate surface area is 201 Å². The average molecular weight is 458 g/mol. The van der Waals surface area contributed by atoms with Crippen LogP contribution < -0.4 is 0 Å². The highest BCUT2D eigenvalue weighted by atomic mass is 19.1. The normalized spacial score (nSPS) is 16.7. The number of piperidine rings is 1. The quantitative estimate of drug-likeness (QED) is 0.469. The fourth-order valence-electron chi connectivity index (χ4n) is 5.26. The van der Waals surface area contributed by atoms with Crippen molar-refractivity contribution < 1.29 is 9.18 Å². The van der Waals surface area contributed by atoms with Gasteiger partial charge in [0.2, 0.25) is 5.91 Å². The summed E-state index contributed by atoms with van der Waals surface area (Å²) in [6.07, 6.45) is 2.12. The Hall–Kier alpha value is -3.23. The van der Waals surface area contributed by atoms with E-state index in [2.05, 4.69) is 17.9 Å². The number of nitriles is 1. The summed E-state index contributed by atoms with van der Waals surface area (Å²) in [6.45, 7) is 7.02. The van der Waals surface area contributed by atoms with E-state index in [0.717, 1.165) is 54.4 Å². The Morgan fingerprint density at radius 2 is 1.82 bits per heavy atom. The maximum Gasteiger partial charge on any atom is 0.223 e. The number of carbonyl (C=O) groups excluding carboxylic acids is 1. The molecule has 1 aliphatic heterocycles. The van der Waals surface area contributed by atoms with Crippen LogP contribution in [0.4, 0.5) is 4.39 Å². The summed E-state index contributed by atoms with van der Waals surface area (Å²) < 4.78 is 13.7. The first-order valence-electron chi connectivity index (χ1n) is 12.0. The molecule has 1 amide bonds. The summed E-state index contributed by atoms with van der Waals surface area (Å²) in [4.78, 5) is 17.9. The fraction of sp³-hybridized carbons (Fsp3) is 0.379. The third-order valence-electron chi connectivity index (χ3n) is 7.65. The lowest BCUT2D eigenvalue weighted by atomic mass is 9.70. The maximum atomic E-state index is 13.7. The zero-order valence-electron chi connectivity index (χ0n) is 20.2. The van der Waals surface area contributed by atoms with Crippen molar-refractivity contribution in [3.63, 3.8) is 0 Å². The number of hydrogen-bond acceptors (Lipinski definition) is 3. The van der Waals surface area contributed by atoms with Gasteiger partial charge in [0, 0.05) is 18.9 Å². The standard InChI is InChI=1S/C29H32FN3O/c1-4-33-15-13-29(14-16-33,24-9-11-25(30)12-10-24)19-28(34)32(3)21(2)27-18-22(20-31)17-23-7-5-6-8-26(23)27/h5-12,17-18,21H,4,13-16,19H2,1-3H3. The van der Waals surface area contributed by atoms with E-state index in [9.17, 15) is 14.4 Å². The second kappa shape index (κ2) is 9.95. The van der Waals surface area contributed by atoms with E-state index >= 15 is 0 Å². The van der Waals surface area contributed by atoms with E-state index in [1.807, 2.05) is 62.5 Å². The second-order valence-corrected chi connectivity index (χ2v) is 9.48. The van der Waals surface area contributed by atoms with Crippen molar-refractivity contribution in [1.29, 1.82) is 5.26 Å². The van der Waals surface area contributed by atoms with Crippen LogP contribution >= 0.6 is 0 Å². The van der Waals surface area contributed by atoms with Crippen molar-refractivity contribution >= 4 is 16.7 Å². The number of fused-ring (bicyclic) bond motifs is 1. The average Bonchev–Trinajstić information content (AvgIpc) is 2.87. The summed E-state index contributed by atoms with van der Waals surface area (Å²) in [5.41, 5.74) is 2.30. The molecule has 1 aliphatic rings. The monoisotopic (exact) mass is 457 g/mol. The zero-order chi connectivity index (χ0) is 24.3. The predicted octanol–water partition coefficient (Wildman–Crippen LogP) is 5.81. The molecule has 5 heteroatoms. The van der Waals surface area contributed by atoms with Gasteiger partial charge in [-0.2, -0.15) is 5.26 Å². The lowest BCUT2D eigenvalue weighted by Gasteiger charge is -2.43. The lowest BCUT2D eigenvalue weighted by molar-refractivity contribution is -0.133. The molecular weight excluding hydrogens is 425 g/mol. The van der Waals surface area contributed by atoms with Crippen LogP contribution in [-0.4, -0.2) is 42.4 Å². The smallest absolute Gasteiger partial charge is 0.223 e. The number of amides is 1. The number of likely N-dealkylation sites (tertiary alicyclic amines) is 1. The summed E-state index contributed by atoms with van der Waals surface area (Å²) in [7, 11) is 1.85. The van der Waals surface area contributed by atoms with Crippen LogP contribution in [0.25, 0.3) is 10.8 Å². The number of halogens is 1. The molecule has 1 atom stereocenters. The van der Waals surface area contributed by atoms with Crippen molar-refractivity contribution in [2.24, 2.45) is 0 Å². The largest absolute Gasteiger partial charge is 0.339 e. The minimum Gasteiger partial charge on any atom is -0.339 e. The summed E-state index contributed by atoms with van der Waals surface area (Å²) in [6, 6.07) is 20.5. The van der Waals surface area contributed by atoms with Gasteiger partial charge >= 0.3 is 0 Å². The first kappa shape index (κ1) is 23.9. The molecule has 0 N–H and O–H groups in total. The predicted molar refractivity (Wildman–Crippen MR) is 134 cm³/mol. The van der Waals surface area contributed by atoms with Gasteiger partial charge in [0.1, 0.15) is 5.82 Å². The van der Waals surface area contributed by atoms with Gasteiger partial charge in [-0.05, 0) is 85.6 Å². The molecule has 3 aromatic rings. The second-order valence-electron chi connectivity index (χ2n) is 9.48. The van der Waals surface area contributed by atoms with E-state index in [1.165, 1.54) is 12.1 Å². The topological polar surface area (TPSA) is 47.3 Å². The Kier molecular flexibility index (Phi) is 7.00. The molecule has 0 bridgehead atoms. The molecule has 0 aromatic heterocycles. The maximum absolute atomic E-state index is 13.7. The molecule has 4 nitrogen and oxygen atoms in total. The van der Waals surface area contributed by atoms with E-state index in [0.29, 0.717) is 12.0 Å². The van der Waals surface area contributed by atoms with Crippen molar-refractivity contribution in [3.8, 4) is 6.07 Å². The van der Waals surface area contributed by atoms with Gasteiger partial charge in [0.05, 0.1) is 17.7 Å². The third kappa shape index (κ3) is 4.69. The van der Waals surface area contributed by atoms with Gasteiger partial charge in [-0.3, -0.25) is 4.79 Å². The van der Waals surface area contributed by atoms with Gasteiger partial charge in [0.25, 0.3) is 0 Å². The molecule has 176 valence electrons. The lowest BCUT2D eigenvalue weighted by Crippen LogP contribution is -2.45. The first-order chi connectivity index (χ1) is 16.4. The van der Waals surface area contributed by atoms with Gasteiger partial charge in [-0.25, -0.2) is 4.39 Å². The van der Waals surface area contributed by atoms with Crippen molar-refractivity contribution in [2.75, 3.05) is 26.7 Å². The minimum absolute atomic E-state index is 0.0632. The fourth-order valence-corrected chi connectivity index (χ4v) is 5.26. The summed E-state index contributed by atoms with van der Waals surface area (Å²) >= 11 is 0. The molecule has 1 unspecified atom stereocenters. The highest BCUT2D eigenvalue weighted by Crippen LogP contribution is 2.40. The van der Waals surface area contributed by atoms with Crippen molar-refractivity contribution in [1.82, 2.24) is 9.80 Å². The molecule has 3 aromatic carbocycles. The number of rotatable bonds is 6. The Morgan fingerprint density at radius 1 is 1.15 bits per heavy atom. The Morgan fingerprint density at radius 3 is 2.47 bits per heavy atom. The number of benzene rings is 3. The van der Waals surface area contributed by atoms with E-state index in [-0.39, 0.29) is 23.2 Å². The van der Waals surface area contributed by atoms with Crippen LogP contribution in [-0.2, 0) is 10.2 Å². The van der Waals surface area contributed by atoms with Crippen LogP contribution in [0.1, 0.15) is 55.8 Å². The first-order valence-corrected chi connectivity index (χ1v) is 12.0. The van der Waals surface area contributed by atoms with Gasteiger partial charge < -0.3 is 9.80 Å². The molecule has 0 spiro atoms. The highest BCUT2D eigenvalue weighted by molar-refractivity contribution is 5.88. The number of hydrogen-bond donors (Lipinski definition) is 0. The number of nitrogens with zero attached hydrogens (tertiary/aromatic N) is 3. The number of carbonyl (C=O) groups is 1. The highest BCUT2D eigenvalue weighted by Gasteiger charge is 2.39. The zero-order valence-corrected chi connectivity index (χ0v) is 20.2. The molecule has 0 aliphatic carbocycles. The molecule has 1 saturated heterocycles. The molecule has 4 rings (SSSR count). The van der Waals surface area contributed by atoms with E-state index in [4.69, 9.17) is 0 Å². The van der Waals surface area contributed by atoms with Crippen LogP contribution in [0.3, 0.4) is 0 Å². The summed E-state index contributed by atoms with van der Waals surface area (Å²) in [5, 5.41) is 11.6. The molecule has 1 heterocycles. The van der Waals surface area contributed by atoms with Crippen molar-refractivity contribution in [2.45, 2.75) is 44.6 Å². The minimum atomic E-state index is -0.305. The van der Waals surface area contributed by atoms with Crippen LogP contribution in [0, 0.1) is 17.1 Å². The van der Waals surface area contributed by atoms with Gasteiger partial charge in [-0.1, -0.05) is 43.3 Å². The Balaban J connectivity index is 1.63. The van der Waals surface area contributed by atoms with E-state index < -0.39 is 0 Å². The van der Waals surface area contributed by atoms with Gasteiger partial charge in [0.15, 0.2) is 0 Å². The summed E-state index contributed by atoms with van der Waals surface area (Å²) in [5.74, 6) is -0.195. The van der Waals surface area contributed by atoms with Crippen LogP contribution in [0.2, 0.25) is 0 Å². The third-order valence-corrected chi connectivity index (χ3v) is 7.65. The molecule has 34 heavy (non-hydrogen) atoms. The molecule has 0 saturated carbocycles.